The van der Waals surface area contributed by atoms with E-state index in [1.54, 1.807) is 26.4 Å². The Labute approximate surface area is 159 Å². The number of hydrogen-bond acceptors (Lipinski definition) is 5. The van der Waals surface area contributed by atoms with Crippen molar-refractivity contribution in [3.8, 4) is 23.0 Å². The Morgan fingerprint density at radius 1 is 1.00 bits per heavy atom. The van der Waals surface area contributed by atoms with E-state index in [0.29, 0.717) is 30.2 Å². The first-order valence-electron chi connectivity index (χ1n) is 8.91. The van der Waals surface area contributed by atoms with E-state index in [1.807, 2.05) is 24.3 Å². The molecule has 2 N–H and O–H groups in total. The highest BCUT2D eigenvalue weighted by Crippen LogP contribution is 2.35. The molecule has 0 unspecified atom stereocenters. The largest absolute Gasteiger partial charge is 0.504 e. The molecule has 2 aromatic carbocycles. The number of amides is 1. The molecule has 1 aliphatic rings. The maximum Gasteiger partial charge on any atom is 0.223 e. The van der Waals surface area contributed by atoms with Crippen molar-refractivity contribution in [2.45, 2.75) is 18.8 Å². The standard InChI is InChI=1S/C21H25NO5/c1-25-18-7-5-14(11-20(18)27-3)16-10-15(21(24)22-12-16)8-13-4-6-17(23)19(9-13)26-2/h4-7,9,11,15-16,23H,8,10,12H2,1-3H3,(H,22,24)/t15-,16+/m0/s1. The third-order valence-electron chi connectivity index (χ3n) is 5.07. The summed E-state index contributed by atoms with van der Waals surface area (Å²) >= 11 is 0. The number of nitrogens with one attached hydrogen (secondary N) is 1. The Bertz CT molecular complexity index is 820. The van der Waals surface area contributed by atoms with Crippen molar-refractivity contribution in [1.82, 2.24) is 5.32 Å². The molecule has 0 saturated carbocycles. The SMILES string of the molecule is COc1cc(C[C@H]2C[C@@H](c3ccc(OC)c(OC)c3)CNC2=O)ccc1O. The summed E-state index contributed by atoms with van der Waals surface area (Å²) in [5.74, 6) is 2.00. The third kappa shape index (κ3) is 4.10. The number of hydrogen-bond donors (Lipinski definition) is 2. The molecule has 3 rings (SSSR count). The van der Waals surface area contributed by atoms with Crippen LogP contribution in [0.1, 0.15) is 23.5 Å². The summed E-state index contributed by atoms with van der Waals surface area (Å²) < 4.78 is 15.9. The number of carbonyl (C=O) groups is 1. The molecule has 0 bridgehead atoms. The zero-order valence-corrected chi connectivity index (χ0v) is 15.8. The lowest BCUT2D eigenvalue weighted by Crippen LogP contribution is -2.41. The maximum absolute atomic E-state index is 12.4. The van der Waals surface area contributed by atoms with Crippen molar-refractivity contribution >= 4 is 5.91 Å². The molecule has 0 radical (unpaired) electrons. The van der Waals surface area contributed by atoms with Gasteiger partial charge >= 0.3 is 0 Å². The minimum absolute atomic E-state index is 0.0544. The Morgan fingerprint density at radius 2 is 1.74 bits per heavy atom. The second kappa shape index (κ2) is 8.20. The summed E-state index contributed by atoms with van der Waals surface area (Å²) in [5, 5.41) is 12.8. The average molecular weight is 371 g/mol. The predicted octanol–water partition coefficient (Wildman–Crippen LogP) is 2.88. The summed E-state index contributed by atoms with van der Waals surface area (Å²) in [6.45, 7) is 0.601. The van der Waals surface area contributed by atoms with Crippen molar-refractivity contribution in [3.05, 3.63) is 47.5 Å². The molecule has 2 atom stereocenters. The van der Waals surface area contributed by atoms with Gasteiger partial charge in [-0.15, -0.1) is 0 Å². The molecular weight excluding hydrogens is 346 g/mol. The van der Waals surface area contributed by atoms with Crippen LogP contribution in [0.25, 0.3) is 0 Å². The number of phenols is 1. The lowest BCUT2D eigenvalue weighted by molar-refractivity contribution is -0.126. The predicted molar refractivity (Wildman–Crippen MR) is 102 cm³/mol. The van der Waals surface area contributed by atoms with Crippen LogP contribution in [0.4, 0.5) is 0 Å². The van der Waals surface area contributed by atoms with Gasteiger partial charge < -0.3 is 24.6 Å². The molecule has 1 fully saturated rings. The Balaban J connectivity index is 1.77. The van der Waals surface area contributed by atoms with Crippen molar-refractivity contribution in [3.63, 3.8) is 0 Å². The van der Waals surface area contributed by atoms with Gasteiger partial charge in [0, 0.05) is 18.4 Å². The van der Waals surface area contributed by atoms with Gasteiger partial charge in [-0.3, -0.25) is 4.79 Å². The fourth-order valence-corrected chi connectivity index (χ4v) is 3.57. The highest BCUT2D eigenvalue weighted by atomic mass is 16.5. The fourth-order valence-electron chi connectivity index (χ4n) is 3.57. The van der Waals surface area contributed by atoms with Gasteiger partial charge in [0.15, 0.2) is 23.0 Å². The highest BCUT2D eigenvalue weighted by molar-refractivity contribution is 5.80. The summed E-state index contributed by atoms with van der Waals surface area (Å²) in [6, 6.07) is 11.1. The molecule has 1 amide bonds. The molecule has 1 aliphatic heterocycles. The molecule has 1 saturated heterocycles. The Hall–Kier alpha value is -2.89. The van der Waals surface area contributed by atoms with Gasteiger partial charge in [0.1, 0.15) is 0 Å². The number of phenolic OH excluding ortho intramolecular Hbond substituents is 1. The maximum atomic E-state index is 12.4. The third-order valence-corrected chi connectivity index (χ3v) is 5.07. The first-order valence-corrected chi connectivity index (χ1v) is 8.91. The highest BCUT2D eigenvalue weighted by Gasteiger charge is 2.30. The topological polar surface area (TPSA) is 77.0 Å². The molecule has 6 nitrogen and oxygen atoms in total. The van der Waals surface area contributed by atoms with E-state index in [-0.39, 0.29) is 23.5 Å². The monoisotopic (exact) mass is 371 g/mol. The minimum Gasteiger partial charge on any atom is -0.504 e. The molecule has 2 aromatic rings. The van der Waals surface area contributed by atoms with Gasteiger partial charge in [0.2, 0.25) is 5.91 Å². The number of rotatable bonds is 6. The van der Waals surface area contributed by atoms with Crippen LogP contribution in [0, 0.1) is 5.92 Å². The lowest BCUT2D eigenvalue weighted by atomic mass is 9.82. The average Bonchev–Trinajstić information content (AvgIpc) is 2.70. The van der Waals surface area contributed by atoms with Gasteiger partial charge in [-0.1, -0.05) is 12.1 Å². The molecule has 144 valence electrons. The van der Waals surface area contributed by atoms with Gasteiger partial charge in [0.25, 0.3) is 0 Å². The van der Waals surface area contributed by atoms with Crippen LogP contribution in [0.15, 0.2) is 36.4 Å². The Kier molecular flexibility index (Phi) is 5.74. The van der Waals surface area contributed by atoms with Crippen molar-refractivity contribution in [1.29, 1.82) is 0 Å². The van der Waals surface area contributed by atoms with E-state index in [9.17, 15) is 9.90 Å². The van der Waals surface area contributed by atoms with Gasteiger partial charge in [-0.2, -0.15) is 0 Å². The van der Waals surface area contributed by atoms with Crippen LogP contribution in [-0.4, -0.2) is 38.9 Å². The van der Waals surface area contributed by atoms with Crippen molar-refractivity contribution in [2.75, 3.05) is 27.9 Å². The van der Waals surface area contributed by atoms with Gasteiger partial charge in [-0.25, -0.2) is 0 Å². The number of ether oxygens (including phenoxy) is 3. The second-order valence-corrected chi connectivity index (χ2v) is 6.70. The summed E-state index contributed by atoms with van der Waals surface area (Å²) in [4.78, 5) is 12.4. The van der Waals surface area contributed by atoms with Crippen molar-refractivity contribution in [2.24, 2.45) is 5.92 Å². The van der Waals surface area contributed by atoms with Crippen LogP contribution >= 0.6 is 0 Å². The lowest BCUT2D eigenvalue weighted by Gasteiger charge is -2.30. The Morgan fingerprint density at radius 3 is 2.44 bits per heavy atom. The summed E-state index contributed by atoms with van der Waals surface area (Å²) in [7, 11) is 4.74. The molecule has 0 aromatic heterocycles. The van der Waals surface area contributed by atoms with E-state index in [0.717, 1.165) is 17.5 Å². The molecule has 1 heterocycles. The summed E-state index contributed by atoms with van der Waals surface area (Å²) in [5.41, 5.74) is 2.07. The number of benzene rings is 2. The van der Waals surface area contributed by atoms with E-state index in [2.05, 4.69) is 5.32 Å². The molecular formula is C21H25NO5. The second-order valence-electron chi connectivity index (χ2n) is 6.70. The van der Waals surface area contributed by atoms with Crippen LogP contribution in [0.5, 0.6) is 23.0 Å². The van der Waals surface area contributed by atoms with Crippen molar-refractivity contribution < 1.29 is 24.1 Å². The molecule has 0 spiro atoms. The number of methoxy groups -OCH3 is 3. The molecule has 27 heavy (non-hydrogen) atoms. The minimum atomic E-state index is -0.147. The van der Waals surface area contributed by atoms with Gasteiger partial charge in [0.05, 0.1) is 21.3 Å². The fraction of sp³-hybridized carbons (Fsp3) is 0.381. The van der Waals surface area contributed by atoms with E-state index < -0.39 is 0 Å². The van der Waals surface area contributed by atoms with Gasteiger partial charge in [-0.05, 0) is 48.2 Å². The smallest absolute Gasteiger partial charge is 0.223 e. The van der Waals surface area contributed by atoms with E-state index in [1.165, 1.54) is 7.11 Å². The van der Waals surface area contributed by atoms with Crippen LogP contribution in [0.2, 0.25) is 0 Å². The summed E-state index contributed by atoms with van der Waals surface area (Å²) in [6.07, 6.45) is 1.33. The zero-order valence-electron chi connectivity index (χ0n) is 15.8. The van der Waals surface area contributed by atoms with Crippen LogP contribution < -0.4 is 19.5 Å². The number of carbonyl (C=O) groups excluding carboxylic acids is 1. The van der Waals surface area contributed by atoms with Crippen LogP contribution in [-0.2, 0) is 11.2 Å². The number of aromatic hydroxyl groups is 1. The molecule has 0 aliphatic carbocycles. The number of piperidine rings is 1. The normalized spacial score (nSPS) is 19.3. The van der Waals surface area contributed by atoms with E-state index in [4.69, 9.17) is 14.2 Å². The first-order chi connectivity index (χ1) is 13.0. The molecule has 6 heteroatoms. The van der Waals surface area contributed by atoms with Crippen LogP contribution in [0.3, 0.4) is 0 Å². The quantitative estimate of drug-likeness (QED) is 0.817. The first kappa shape index (κ1) is 18.9. The van der Waals surface area contributed by atoms with E-state index >= 15 is 0 Å². The zero-order chi connectivity index (χ0) is 19.4.